The van der Waals surface area contributed by atoms with Gasteiger partial charge in [0.25, 0.3) is 0 Å². The lowest BCUT2D eigenvalue weighted by atomic mass is 10.2. The van der Waals surface area contributed by atoms with Crippen molar-refractivity contribution in [2.24, 2.45) is 0 Å². The summed E-state index contributed by atoms with van der Waals surface area (Å²) in [4.78, 5) is 4.26. The van der Waals surface area contributed by atoms with Gasteiger partial charge in [0.15, 0.2) is 5.82 Å². The number of hydrogen-bond donors (Lipinski definition) is 1. The molecule has 0 aliphatic rings. The van der Waals surface area contributed by atoms with E-state index in [1.54, 1.807) is 6.33 Å². The highest BCUT2D eigenvalue weighted by Crippen LogP contribution is 2.15. The average molecular weight is 265 g/mol. The van der Waals surface area contributed by atoms with Crippen LogP contribution >= 0.6 is 11.6 Å². The van der Waals surface area contributed by atoms with Gasteiger partial charge in [-0.25, -0.2) is 9.67 Å². The first-order valence-electron chi connectivity index (χ1n) is 6.12. The fraction of sp³-hybridized carbons (Fsp3) is 0.385. The van der Waals surface area contributed by atoms with Crippen molar-refractivity contribution in [2.75, 3.05) is 6.54 Å². The van der Waals surface area contributed by atoms with Crippen LogP contribution in [-0.4, -0.2) is 21.3 Å². The highest BCUT2D eigenvalue weighted by molar-refractivity contribution is 6.31. The predicted molar refractivity (Wildman–Crippen MR) is 72.6 cm³/mol. The first-order valence-corrected chi connectivity index (χ1v) is 6.50. The monoisotopic (exact) mass is 264 g/mol. The Bertz CT molecular complexity index is 495. The van der Waals surface area contributed by atoms with Crippen LogP contribution in [0.1, 0.15) is 24.7 Å². The molecule has 1 N–H and O–H groups in total. The Kier molecular flexibility index (Phi) is 4.73. The molecule has 18 heavy (non-hydrogen) atoms. The lowest BCUT2D eigenvalue weighted by molar-refractivity contribution is 0.625. The Morgan fingerprint density at radius 3 is 2.94 bits per heavy atom. The second-order valence-electron chi connectivity index (χ2n) is 4.13. The Morgan fingerprint density at radius 2 is 2.17 bits per heavy atom. The quantitative estimate of drug-likeness (QED) is 0.815. The second-order valence-corrected chi connectivity index (χ2v) is 4.53. The van der Waals surface area contributed by atoms with Gasteiger partial charge in [-0.2, -0.15) is 5.10 Å². The van der Waals surface area contributed by atoms with Gasteiger partial charge in [-0.15, -0.1) is 0 Å². The zero-order valence-corrected chi connectivity index (χ0v) is 11.2. The lowest BCUT2D eigenvalue weighted by Gasteiger charge is -2.03. The van der Waals surface area contributed by atoms with Crippen molar-refractivity contribution in [3.8, 4) is 0 Å². The van der Waals surface area contributed by atoms with Crippen LogP contribution in [0.3, 0.4) is 0 Å². The molecule has 0 saturated carbocycles. The summed E-state index contributed by atoms with van der Waals surface area (Å²) in [6.07, 6.45) is 2.85. The van der Waals surface area contributed by atoms with Crippen molar-refractivity contribution >= 4 is 11.6 Å². The number of halogens is 1. The van der Waals surface area contributed by atoms with Crippen LogP contribution in [0.4, 0.5) is 0 Å². The molecule has 0 atom stereocenters. The molecule has 0 radical (unpaired) electrons. The minimum atomic E-state index is 0.653. The largest absolute Gasteiger partial charge is 0.310 e. The Balaban J connectivity index is 1.96. The predicted octanol–water partition coefficient (Wildman–Crippen LogP) is 2.48. The molecule has 4 nitrogen and oxygen atoms in total. The molecule has 1 aromatic heterocycles. The summed E-state index contributed by atoms with van der Waals surface area (Å²) < 4.78 is 1.81. The van der Waals surface area contributed by atoms with Gasteiger partial charge in [-0.1, -0.05) is 36.7 Å². The molecule has 0 bridgehead atoms. The van der Waals surface area contributed by atoms with E-state index >= 15 is 0 Å². The SMILES string of the molecule is CCCNCc1ncn(Cc2ccccc2Cl)n1. The smallest absolute Gasteiger partial charge is 0.164 e. The minimum absolute atomic E-state index is 0.653. The van der Waals surface area contributed by atoms with Gasteiger partial charge in [0.2, 0.25) is 0 Å². The summed E-state index contributed by atoms with van der Waals surface area (Å²) in [6, 6.07) is 7.78. The lowest BCUT2D eigenvalue weighted by Crippen LogP contribution is -2.15. The maximum Gasteiger partial charge on any atom is 0.164 e. The summed E-state index contributed by atoms with van der Waals surface area (Å²) in [5.74, 6) is 0.815. The maximum absolute atomic E-state index is 6.11. The standard InChI is InChI=1S/C13H17ClN4/c1-2-7-15-8-13-16-10-18(17-13)9-11-5-3-4-6-12(11)14/h3-6,10,15H,2,7-9H2,1H3. The fourth-order valence-electron chi connectivity index (χ4n) is 1.67. The van der Waals surface area contributed by atoms with E-state index in [-0.39, 0.29) is 0 Å². The first-order chi connectivity index (χ1) is 8.79. The summed E-state index contributed by atoms with van der Waals surface area (Å²) in [7, 11) is 0. The Labute approximate surface area is 112 Å². The van der Waals surface area contributed by atoms with E-state index in [0.29, 0.717) is 13.1 Å². The van der Waals surface area contributed by atoms with Gasteiger partial charge >= 0.3 is 0 Å². The Morgan fingerprint density at radius 1 is 1.33 bits per heavy atom. The molecule has 0 amide bonds. The third-order valence-corrected chi connectivity index (χ3v) is 2.95. The summed E-state index contributed by atoms with van der Waals surface area (Å²) >= 11 is 6.11. The number of aromatic nitrogens is 3. The van der Waals surface area contributed by atoms with Gasteiger partial charge in [0.1, 0.15) is 6.33 Å². The van der Waals surface area contributed by atoms with Crippen molar-refractivity contribution in [3.05, 3.63) is 47.0 Å². The molecule has 0 fully saturated rings. The third-order valence-electron chi connectivity index (χ3n) is 2.58. The van der Waals surface area contributed by atoms with Crippen molar-refractivity contribution in [1.82, 2.24) is 20.1 Å². The maximum atomic E-state index is 6.11. The van der Waals surface area contributed by atoms with E-state index < -0.39 is 0 Å². The van der Waals surface area contributed by atoms with Crippen LogP contribution < -0.4 is 5.32 Å². The second kappa shape index (κ2) is 6.52. The van der Waals surface area contributed by atoms with E-state index in [4.69, 9.17) is 11.6 Å². The van der Waals surface area contributed by atoms with E-state index in [9.17, 15) is 0 Å². The van der Waals surface area contributed by atoms with Crippen LogP contribution in [0, 0.1) is 0 Å². The Hall–Kier alpha value is -1.39. The molecular weight excluding hydrogens is 248 g/mol. The van der Waals surface area contributed by atoms with Gasteiger partial charge in [0.05, 0.1) is 13.1 Å². The van der Waals surface area contributed by atoms with Gasteiger partial charge in [0, 0.05) is 5.02 Å². The van der Waals surface area contributed by atoms with E-state index in [1.165, 1.54) is 0 Å². The summed E-state index contributed by atoms with van der Waals surface area (Å²) in [6.45, 7) is 4.49. The third kappa shape index (κ3) is 3.55. The van der Waals surface area contributed by atoms with Gasteiger partial charge in [-0.3, -0.25) is 0 Å². The topological polar surface area (TPSA) is 42.7 Å². The normalized spacial score (nSPS) is 10.8. The van der Waals surface area contributed by atoms with E-state index in [0.717, 1.165) is 29.4 Å². The van der Waals surface area contributed by atoms with Crippen molar-refractivity contribution in [3.63, 3.8) is 0 Å². The molecule has 1 heterocycles. The molecule has 1 aromatic carbocycles. The first kappa shape index (κ1) is 13.1. The molecular formula is C13H17ClN4. The van der Waals surface area contributed by atoms with Crippen LogP contribution in [0.25, 0.3) is 0 Å². The van der Waals surface area contributed by atoms with Crippen LogP contribution in [0.15, 0.2) is 30.6 Å². The number of nitrogens with one attached hydrogen (secondary N) is 1. The van der Waals surface area contributed by atoms with E-state index in [2.05, 4.69) is 22.3 Å². The minimum Gasteiger partial charge on any atom is -0.310 e. The molecule has 0 aliphatic heterocycles. The van der Waals surface area contributed by atoms with E-state index in [1.807, 2.05) is 28.9 Å². The van der Waals surface area contributed by atoms with Crippen LogP contribution in [0.5, 0.6) is 0 Å². The molecule has 0 spiro atoms. The molecule has 96 valence electrons. The van der Waals surface area contributed by atoms with Crippen LogP contribution in [-0.2, 0) is 13.1 Å². The number of rotatable bonds is 6. The summed E-state index contributed by atoms with van der Waals surface area (Å²) in [5, 5.41) is 8.44. The number of hydrogen-bond acceptors (Lipinski definition) is 3. The zero-order chi connectivity index (χ0) is 12.8. The fourth-order valence-corrected chi connectivity index (χ4v) is 1.86. The summed E-state index contributed by atoms with van der Waals surface area (Å²) in [5.41, 5.74) is 1.05. The van der Waals surface area contributed by atoms with Gasteiger partial charge < -0.3 is 5.32 Å². The average Bonchev–Trinajstić information content (AvgIpc) is 2.80. The molecule has 5 heteroatoms. The molecule has 2 aromatic rings. The van der Waals surface area contributed by atoms with Crippen molar-refractivity contribution in [2.45, 2.75) is 26.4 Å². The van der Waals surface area contributed by atoms with Crippen molar-refractivity contribution < 1.29 is 0 Å². The van der Waals surface area contributed by atoms with Gasteiger partial charge in [-0.05, 0) is 24.6 Å². The highest BCUT2D eigenvalue weighted by Gasteiger charge is 2.03. The highest BCUT2D eigenvalue weighted by atomic mass is 35.5. The molecule has 2 rings (SSSR count). The molecule has 0 unspecified atom stereocenters. The molecule has 0 aliphatic carbocycles. The van der Waals surface area contributed by atoms with Crippen molar-refractivity contribution in [1.29, 1.82) is 0 Å². The number of benzene rings is 1. The number of nitrogens with zero attached hydrogens (tertiary/aromatic N) is 3. The van der Waals surface area contributed by atoms with Crippen LogP contribution in [0.2, 0.25) is 5.02 Å². The zero-order valence-electron chi connectivity index (χ0n) is 10.4. The molecule has 0 saturated heterocycles.